The van der Waals surface area contributed by atoms with Gasteiger partial charge in [0.15, 0.2) is 0 Å². The Morgan fingerprint density at radius 2 is 2.06 bits per heavy atom. The molecule has 0 radical (unpaired) electrons. The van der Waals surface area contributed by atoms with Gasteiger partial charge in [-0.3, -0.25) is 0 Å². The van der Waals surface area contributed by atoms with Gasteiger partial charge in [-0.05, 0) is 29.9 Å². The van der Waals surface area contributed by atoms with Crippen LogP contribution >= 0.6 is 0 Å². The molecule has 0 spiro atoms. The summed E-state index contributed by atoms with van der Waals surface area (Å²) in [6, 6.07) is 4.49. The number of alkyl halides is 3. The lowest BCUT2D eigenvalue weighted by atomic mass is 9.86. The zero-order chi connectivity index (χ0) is 13.3. The number of nitrogens with one attached hydrogen (secondary N) is 1. The molecule has 1 heterocycles. The normalized spacial score (nSPS) is 19.3. The van der Waals surface area contributed by atoms with Crippen LogP contribution < -0.4 is 10.1 Å². The molecule has 0 saturated heterocycles. The van der Waals surface area contributed by atoms with Gasteiger partial charge in [0.2, 0.25) is 0 Å². The Morgan fingerprint density at radius 1 is 1.33 bits per heavy atom. The fourth-order valence-electron chi connectivity index (χ4n) is 2.16. The van der Waals surface area contributed by atoms with Crippen LogP contribution in [0.2, 0.25) is 0 Å². The van der Waals surface area contributed by atoms with E-state index in [4.69, 9.17) is 0 Å². The monoisotopic (exact) mass is 259 g/mol. The predicted molar refractivity (Wildman–Crippen MR) is 63.6 cm³/mol. The quantitative estimate of drug-likeness (QED) is 0.871. The molecule has 2 nitrogen and oxygen atoms in total. The molecule has 0 bridgehead atoms. The zero-order valence-corrected chi connectivity index (χ0v) is 10.3. The van der Waals surface area contributed by atoms with E-state index in [-0.39, 0.29) is 5.75 Å². The molecule has 18 heavy (non-hydrogen) atoms. The highest BCUT2D eigenvalue weighted by Crippen LogP contribution is 2.33. The first-order chi connectivity index (χ1) is 8.35. The lowest BCUT2D eigenvalue weighted by molar-refractivity contribution is -0.274. The number of hydrogen-bond acceptors (Lipinski definition) is 2. The number of halogens is 3. The van der Waals surface area contributed by atoms with E-state index in [1.54, 1.807) is 6.07 Å². The second-order valence-corrected chi connectivity index (χ2v) is 4.96. The van der Waals surface area contributed by atoms with E-state index < -0.39 is 6.36 Å². The maximum atomic E-state index is 12.1. The number of benzene rings is 1. The molecule has 0 saturated carbocycles. The van der Waals surface area contributed by atoms with E-state index in [0.29, 0.717) is 11.8 Å². The molecule has 1 aliphatic rings. The molecule has 100 valence electrons. The topological polar surface area (TPSA) is 21.3 Å². The van der Waals surface area contributed by atoms with Gasteiger partial charge in [0.05, 0.1) is 0 Å². The average Bonchev–Trinajstić information content (AvgIpc) is 2.26. The third-order valence-corrected chi connectivity index (χ3v) is 3.29. The van der Waals surface area contributed by atoms with Crippen molar-refractivity contribution in [3.63, 3.8) is 0 Å². The Labute approximate surface area is 104 Å². The average molecular weight is 259 g/mol. The lowest BCUT2D eigenvalue weighted by Gasteiger charge is -2.29. The van der Waals surface area contributed by atoms with E-state index in [1.165, 1.54) is 12.1 Å². The van der Waals surface area contributed by atoms with Crippen molar-refractivity contribution in [1.29, 1.82) is 0 Å². The number of hydrogen-bond donors (Lipinski definition) is 1. The molecular weight excluding hydrogens is 243 g/mol. The van der Waals surface area contributed by atoms with Crippen molar-refractivity contribution < 1.29 is 17.9 Å². The highest BCUT2D eigenvalue weighted by Gasteiger charge is 2.31. The minimum Gasteiger partial charge on any atom is -0.406 e. The predicted octanol–water partition coefficient (Wildman–Crippen LogP) is 3.83. The second-order valence-electron chi connectivity index (χ2n) is 4.96. The maximum Gasteiger partial charge on any atom is 0.573 e. The highest BCUT2D eigenvalue weighted by atomic mass is 19.4. The van der Waals surface area contributed by atoms with Crippen molar-refractivity contribution >= 4 is 5.69 Å². The lowest BCUT2D eigenvalue weighted by Crippen LogP contribution is -2.27. The minimum absolute atomic E-state index is 0.170. The van der Waals surface area contributed by atoms with Crippen molar-refractivity contribution in [2.45, 2.75) is 26.6 Å². The van der Waals surface area contributed by atoms with Crippen LogP contribution in [0.3, 0.4) is 0 Å². The molecule has 5 heteroatoms. The molecule has 0 fully saturated rings. The summed E-state index contributed by atoms with van der Waals surface area (Å²) in [5.74, 6) is 0.903. The number of anilines is 1. The molecule has 0 aliphatic carbocycles. The Bertz CT molecular complexity index is 429. The molecule has 1 atom stereocenters. The highest BCUT2D eigenvalue weighted by molar-refractivity contribution is 5.57. The van der Waals surface area contributed by atoms with Crippen molar-refractivity contribution in [2.75, 3.05) is 11.9 Å². The molecular formula is C13H16F3NO. The van der Waals surface area contributed by atoms with E-state index in [1.807, 2.05) is 0 Å². The fraction of sp³-hybridized carbons (Fsp3) is 0.538. The maximum absolute atomic E-state index is 12.1. The summed E-state index contributed by atoms with van der Waals surface area (Å²) in [4.78, 5) is 0. The zero-order valence-electron chi connectivity index (χ0n) is 10.3. The first-order valence-electron chi connectivity index (χ1n) is 5.97. The third kappa shape index (κ3) is 3.09. The van der Waals surface area contributed by atoms with Crippen LogP contribution in [-0.4, -0.2) is 12.9 Å². The smallest absolute Gasteiger partial charge is 0.406 e. The fourth-order valence-corrected chi connectivity index (χ4v) is 2.16. The van der Waals surface area contributed by atoms with Crippen molar-refractivity contribution in [3.8, 4) is 5.75 Å². The van der Waals surface area contributed by atoms with Gasteiger partial charge in [-0.2, -0.15) is 0 Å². The van der Waals surface area contributed by atoms with Crippen LogP contribution in [0.25, 0.3) is 0 Å². The molecule has 1 aliphatic heterocycles. The first kappa shape index (κ1) is 13.1. The number of fused-ring (bicyclic) bond motifs is 1. The van der Waals surface area contributed by atoms with Gasteiger partial charge in [-0.25, -0.2) is 0 Å². The van der Waals surface area contributed by atoms with Crippen LogP contribution in [0, 0.1) is 11.8 Å². The van der Waals surface area contributed by atoms with Gasteiger partial charge in [-0.15, -0.1) is 13.2 Å². The Hall–Kier alpha value is -1.39. The van der Waals surface area contributed by atoms with Gasteiger partial charge in [0, 0.05) is 18.3 Å². The van der Waals surface area contributed by atoms with Crippen molar-refractivity contribution in [2.24, 2.45) is 11.8 Å². The van der Waals surface area contributed by atoms with Crippen LogP contribution in [0.15, 0.2) is 18.2 Å². The summed E-state index contributed by atoms with van der Waals surface area (Å²) in [7, 11) is 0. The summed E-state index contributed by atoms with van der Waals surface area (Å²) in [5.41, 5.74) is 1.79. The van der Waals surface area contributed by atoms with E-state index in [9.17, 15) is 13.2 Å². The molecule has 1 aromatic rings. The molecule has 2 rings (SSSR count). The van der Waals surface area contributed by atoms with Gasteiger partial charge < -0.3 is 10.1 Å². The third-order valence-electron chi connectivity index (χ3n) is 3.29. The summed E-state index contributed by atoms with van der Waals surface area (Å²) >= 11 is 0. The second kappa shape index (κ2) is 4.71. The molecule has 1 aromatic carbocycles. The van der Waals surface area contributed by atoms with Gasteiger partial charge in [-0.1, -0.05) is 19.9 Å². The van der Waals surface area contributed by atoms with Crippen LogP contribution in [0.4, 0.5) is 18.9 Å². The molecule has 1 N–H and O–H groups in total. The van der Waals surface area contributed by atoms with Gasteiger partial charge in [0.1, 0.15) is 5.75 Å². The van der Waals surface area contributed by atoms with Crippen LogP contribution in [0.5, 0.6) is 5.75 Å². The van der Waals surface area contributed by atoms with Gasteiger partial charge >= 0.3 is 6.36 Å². The molecule has 0 amide bonds. The summed E-state index contributed by atoms with van der Waals surface area (Å²) in [5, 5.41) is 3.17. The van der Waals surface area contributed by atoms with Crippen molar-refractivity contribution in [3.05, 3.63) is 23.8 Å². The van der Waals surface area contributed by atoms with Crippen LogP contribution in [0.1, 0.15) is 19.4 Å². The van der Waals surface area contributed by atoms with E-state index in [0.717, 1.165) is 24.2 Å². The van der Waals surface area contributed by atoms with Crippen molar-refractivity contribution in [1.82, 2.24) is 0 Å². The first-order valence-corrected chi connectivity index (χ1v) is 5.97. The van der Waals surface area contributed by atoms with Crippen LogP contribution in [-0.2, 0) is 6.42 Å². The Morgan fingerprint density at radius 3 is 2.67 bits per heavy atom. The summed E-state index contributed by atoms with van der Waals surface area (Å²) in [6.07, 6.45) is -3.74. The Balaban J connectivity index is 2.15. The largest absolute Gasteiger partial charge is 0.573 e. The minimum atomic E-state index is -4.64. The molecule has 0 aromatic heterocycles. The number of rotatable bonds is 2. The summed E-state index contributed by atoms with van der Waals surface area (Å²) < 4.78 is 40.2. The van der Waals surface area contributed by atoms with E-state index in [2.05, 4.69) is 23.9 Å². The van der Waals surface area contributed by atoms with E-state index >= 15 is 0 Å². The van der Waals surface area contributed by atoms with Gasteiger partial charge in [0.25, 0.3) is 0 Å². The Kier molecular flexibility index (Phi) is 3.41. The molecule has 1 unspecified atom stereocenters. The standard InChI is InChI=1S/C13H16F3NO/c1-8(2)10-5-9-3-4-11(18-13(14,15)16)6-12(9)17-7-10/h3-4,6,8,10,17H,5,7H2,1-2H3. The SMILES string of the molecule is CC(C)C1CNc2cc(OC(F)(F)F)ccc2C1. The summed E-state index contributed by atoms with van der Waals surface area (Å²) in [6.45, 7) is 5.09. The number of ether oxygens (including phenoxy) is 1.